The Bertz CT molecular complexity index is 346. The van der Waals surface area contributed by atoms with Gasteiger partial charge in [0, 0.05) is 18.8 Å². The maximum atomic E-state index is 12.3. The van der Waals surface area contributed by atoms with Gasteiger partial charge in [0.2, 0.25) is 0 Å². The number of rotatable bonds is 2. The van der Waals surface area contributed by atoms with E-state index >= 15 is 0 Å². The Morgan fingerprint density at radius 1 is 1.50 bits per heavy atom. The third-order valence-corrected chi connectivity index (χ3v) is 1.66. The second-order valence-corrected chi connectivity index (χ2v) is 2.91. The van der Waals surface area contributed by atoms with Gasteiger partial charge in [0.05, 0.1) is 5.56 Å². The van der Waals surface area contributed by atoms with Crippen LogP contribution in [0.5, 0.6) is 0 Å². The molecule has 0 atom stereocenters. The van der Waals surface area contributed by atoms with Crippen LogP contribution in [0.1, 0.15) is 18.1 Å². The van der Waals surface area contributed by atoms with Crippen LogP contribution < -0.4 is 0 Å². The summed E-state index contributed by atoms with van der Waals surface area (Å²) in [5, 5.41) is 0. The molecule has 5 heteroatoms. The highest BCUT2D eigenvalue weighted by molar-refractivity contribution is 5.78. The number of alkyl halides is 3. The fourth-order valence-electron chi connectivity index (χ4n) is 1.10. The van der Waals surface area contributed by atoms with Crippen LogP contribution in [0.25, 0.3) is 0 Å². The van der Waals surface area contributed by atoms with Crippen molar-refractivity contribution in [3.63, 3.8) is 0 Å². The molecule has 1 heterocycles. The summed E-state index contributed by atoms with van der Waals surface area (Å²) in [5.74, 6) is -0.304. The lowest BCUT2D eigenvalue weighted by Gasteiger charge is -2.10. The van der Waals surface area contributed by atoms with Gasteiger partial charge in [-0.2, -0.15) is 13.2 Å². The molecule has 0 fully saturated rings. The predicted octanol–water partition coefficient (Wildman–Crippen LogP) is 2.23. The van der Waals surface area contributed by atoms with Gasteiger partial charge in [0.25, 0.3) is 0 Å². The molecule has 0 aromatic carbocycles. The Kier molecular flexibility index (Phi) is 2.88. The van der Waals surface area contributed by atoms with E-state index in [2.05, 4.69) is 4.98 Å². The zero-order valence-corrected chi connectivity index (χ0v) is 7.43. The fourth-order valence-corrected chi connectivity index (χ4v) is 1.10. The van der Waals surface area contributed by atoms with E-state index in [1.807, 2.05) is 0 Å². The first kappa shape index (κ1) is 10.7. The highest BCUT2D eigenvalue weighted by atomic mass is 19.4. The van der Waals surface area contributed by atoms with Crippen LogP contribution in [0, 0.1) is 0 Å². The molecule has 0 aliphatic carbocycles. The van der Waals surface area contributed by atoms with E-state index in [9.17, 15) is 18.0 Å². The molecular weight excluding hydrogens is 195 g/mol. The molecule has 0 radical (unpaired) electrons. The molecule has 0 spiro atoms. The molecule has 1 rings (SSSR count). The van der Waals surface area contributed by atoms with Crippen molar-refractivity contribution in [1.82, 2.24) is 4.98 Å². The molecule has 0 saturated carbocycles. The van der Waals surface area contributed by atoms with Crippen LogP contribution in [0.2, 0.25) is 0 Å². The number of Topliss-reactive ketones (excluding diaryl/α,β-unsaturated/α-hetero) is 1. The molecular formula is C9H8F3NO. The van der Waals surface area contributed by atoms with Crippen molar-refractivity contribution < 1.29 is 18.0 Å². The normalized spacial score (nSPS) is 11.4. The van der Waals surface area contributed by atoms with Crippen LogP contribution in [-0.2, 0) is 17.4 Å². The number of nitrogens with zero attached hydrogens (tertiary/aromatic N) is 1. The molecule has 1 aromatic rings. The zero-order valence-electron chi connectivity index (χ0n) is 7.43. The number of carbonyl (C=O) groups is 1. The van der Waals surface area contributed by atoms with E-state index in [1.165, 1.54) is 19.2 Å². The lowest BCUT2D eigenvalue weighted by Crippen LogP contribution is -2.11. The van der Waals surface area contributed by atoms with Gasteiger partial charge in [0.15, 0.2) is 0 Å². The van der Waals surface area contributed by atoms with Gasteiger partial charge < -0.3 is 0 Å². The van der Waals surface area contributed by atoms with Crippen molar-refractivity contribution >= 4 is 5.78 Å². The van der Waals surface area contributed by atoms with Crippen molar-refractivity contribution in [3.05, 3.63) is 29.6 Å². The molecule has 0 bridgehead atoms. The summed E-state index contributed by atoms with van der Waals surface area (Å²) in [7, 11) is 0. The van der Waals surface area contributed by atoms with Gasteiger partial charge in [-0.1, -0.05) is 0 Å². The first-order valence-corrected chi connectivity index (χ1v) is 3.91. The largest absolute Gasteiger partial charge is 0.418 e. The first-order valence-electron chi connectivity index (χ1n) is 3.91. The zero-order chi connectivity index (χ0) is 10.8. The number of aromatic nitrogens is 1. The van der Waals surface area contributed by atoms with Gasteiger partial charge in [-0.05, 0) is 18.6 Å². The van der Waals surface area contributed by atoms with Crippen molar-refractivity contribution in [2.45, 2.75) is 19.5 Å². The van der Waals surface area contributed by atoms with Crippen LogP contribution in [-0.4, -0.2) is 10.8 Å². The molecule has 76 valence electrons. The Morgan fingerprint density at radius 3 is 2.64 bits per heavy atom. The summed E-state index contributed by atoms with van der Waals surface area (Å²) >= 11 is 0. The molecule has 0 aliphatic rings. The third-order valence-electron chi connectivity index (χ3n) is 1.66. The minimum absolute atomic E-state index is 0.0278. The lowest BCUT2D eigenvalue weighted by molar-refractivity contribution is -0.138. The Morgan fingerprint density at radius 2 is 2.14 bits per heavy atom. The van der Waals surface area contributed by atoms with Gasteiger partial charge in [-0.3, -0.25) is 9.78 Å². The second kappa shape index (κ2) is 3.77. The van der Waals surface area contributed by atoms with Gasteiger partial charge in [-0.15, -0.1) is 0 Å². The fraction of sp³-hybridized carbons (Fsp3) is 0.333. The lowest BCUT2D eigenvalue weighted by atomic mass is 10.1. The molecule has 0 unspecified atom stereocenters. The molecule has 0 amide bonds. The molecule has 0 saturated heterocycles. The highest BCUT2D eigenvalue weighted by Gasteiger charge is 2.33. The summed E-state index contributed by atoms with van der Waals surface area (Å²) in [6, 6.07) is 1.21. The average molecular weight is 203 g/mol. The van der Waals surface area contributed by atoms with Gasteiger partial charge >= 0.3 is 6.18 Å². The van der Waals surface area contributed by atoms with Crippen molar-refractivity contribution in [3.8, 4) is 0 Å². The monoisotopic (exact) mass is 203 g/mol. The number of pyridine rings is 1. The van der Waals surface area contributed by atoms with E-state index in [1.54, 1.807) is 0 Å². The molecule has 14 heavy (non-hydrogen) atoms. The Hall–Kier alpha value is -1.39. The number of hydrogen-bond donors (Lipinski definition) is 0. The number of ketones is 1. The summed E-state index contributed by atoms with van der Waals surface area (Å²) < 4.78 is 37.0. The van der Waals surface area contributed by atoms with E-state index in [-0.39, 0.29) is 17.8 Å². The topological polar surface area (TPSA) is 30.0 Å². The molecule has 0 N–H and O–H groups in total. The SMILES string of the molecule is CC(=O)Cc1ccncc1C(F)(F)F. The standard InChI is InChI=1S/C9H8F3NO/c1-6(14)4-7-2-3-13-5-8(7)9(10,11)12/h2-3,5H,4H2,1H3. The predicted molar refractivity (Wildman–Crippen MR) is 43.6 cm³/mol. The van der Waals surface area contributed by atoms with E-state index < -0.39 is 11.7 Å². The third kappa shape index (κ3) is 2.55. The van der Waals surface area contributed by atoms with Crippen LogP contribution >= 0.6 is 0 Å². The van der Waals surface area contributed by atoms with Crippen molar-refractivity contribution in [2.24, 2.45) is 0 Å². The van der Waals surface area contributed by atoms with Crippen LogP contribution in [0.3, 0.4) is 0 Å². The molecule has 0 aliphatic heterocycles. The summed E-state index contributed by atoms with van der Waals surface area (Å²) in [4.78, 5) is 14.1. The highest BCUT2D eigenvalue weighted by Crippen LogP contribution is 2.31. The van der Waals surface area contributed by atoms with E-state index in [0.29, 0.717) is 0 Å². The minimum atomic E-state index is -4.45. The number of halogens is 3. The van der Waals surface area contributed by atoms with Gasteiger partial charge in [-0.25, -0.2) is 0 Å². The quantitative estimate of drug-likeness (QED) is 0.737. The van der Waals surface area contributed by atoms with Crippen LogP contribution in [0.4, 0.5) is 13.2 Å². The average Bonchev–Trinajstić information content (AvgIpc) is 2.01. The van der Waals surface area contributed by atoms with E-state index in [0.717, 1.165) is 6.20 Å². The first-order chi connectivity index (χ1) is 6.41. The van der Waals surface area contributed by atoms with Gasteiger partial charge in [0.1, 0.15) is 5.78 Å². The maximum Gasteiger partial charge on any atom is 0.418 e. The van der Waals surface area contributed by atoms with Crippen molar-refractivity contribution in [2.75, 3.05) is 0 Å². The summed E-state index contributed by atoms with van der Waals surface area (Å²) in [6.45, 7) is 1.25. The summed E-state index contributed by atoms with van der Waals surface area (Å²) in [5.41, 5.74) is -0.866. The number of carbonyl (C=O) groups excluding carboxylic acids is 1. The Labute approximate surface area is 78.8 Å². The minimum Gasteiger partial charge on any atom is -0.300 e. The van der Waals surface area contributed by atoms with E-state index in [4.69, 9.17) is 0 Å². The smallest absolute Gasteiger partial charge is 0.300 e. The van der Waals surface area contributed by atoms with Crippen LogP contribution in [0.15, 0.2) is 18.5 Å². The molecule has 1 aromatic heterocycles. The maximum absolute atomic E-state index is 12.3. The molecule has 2 nitrogen and oxygen atoms in total. The summed E-state index contributed by atoms with van der Waals surface area (Å²) in [6.07, 6.45) is -2.68. The number of hydrogen-bond acceptors (Lipinski definition) is 2. The second-order valence-electron chi connectivity index (χ2n) is 2.91. The Balaban J connectivity index is 3.10. The van der Waals surface area contributed by atoms with Crippen molar-refractivity contribution in [1.29, 1.82) is 0 Å².